The van der Waals surface area contributed by atoms with Crippen molar-refractivity contribution in [3.63, 3.8) is 0 Å². The highest BCUT2D eigenvalue weighted by Crippen LogP contribution is 2.10. The largest absolute Gasteiger partial charge is 0.450 e. The number of amides is 2. The van der Waals surface area contributed by atoms with Gasteiger partial charge in [-0.2, -0.15) is 0 Å². The molecule has 1 rings (SSSR count). The van der Waals surface area contributed by atoms with Crippen LogP contribution in [0, 0.1) is 6.92 Å². The molecule has 2 amide bonds. The zero-order chi connectivity index (χ0) is 16.5. The van der Waals surface area contributed by atoms with Crippen molar-refractivity contribution >= 4 is 35.0 Å². The molecule has 0 spiro atoms. The van der Waals surface area contributed by atoms with E-state index < -0.39 is 12.0 Å². The predicted molar refractivity (Wildman–Crippen MR) is 89.8 cm³/mol. The number of rotatable bonds is 5. The number of imide groups is 1. The number of ether oxygens (including phenoxy) is 1. The normalized spacial score (nSPS) is 9.77. The second-order valence-electron chi connectivity index (χ2n) is 4.58. The Morgan fingerprint density at radius 1 is 1.32 bits per heavy atom. The Hall–Kier alpha value is -2.15. The lowest BCUT2D eigenvalue weighted by molar-refractivity contribution is -0.120. The molecular weight excluding hydrogens is 302 g/mol. The molecule has 0 radical (unpaired) electrons. The molecule has 1 aromatic rings. The summed E-state index contributed by atoms with van der Waals surface area (Å²) in [4.78, 5) is 24.6. The summed E-state index contributed by atoms with van der Waals surface area (Å²) in [6, 6.07) is 7.76. The van der Waals surface area contributed by atoms with E-state index >= 15 is 0 Å². The molecule has 0 aromatic heterocycles. The van der Waals surface area contributed by atoms with Crippen LogP contribution in [0.4, 0.5) is 10.5 Å². The second kappa shape index (κ2) is 8.99. The molecule has 2 N–H and O–H groups in total. The van der Waals surface area contributed by atoms with Crippen molar-refractivity contribution in [3.05, 3.63) is 29.8 Å². The lowest BCUT2D eigenvalue weighted by Crippen LogP contribution is -2.44. The Labute approximate surface area is 135 Å². The summed E-state index contributed by atoms with van der Waals surface area (Å²) in [5, 5.41) is 5.65. The molecule has 0 fully saturated rings. The molecule has 0 saturated carbocycles. The first-order chi connectivity index (χ1) is 10.5. The number of alkyl carbamates (subject to hydrolysis) is 1. The van der Waals surface area contributed by atoms with E-state index in [-0.39, 0.29) is 13.2 Å². The number of carbonyl (C=O) groups is 2. The van der Waals surface area contributed by atoms with Gasteiger partial charge in [-0.15, -0.1) is 0 Å². The standard InChI is InChI=1S/C15H21N3O3S/c1-4-18(10-13(19)17-15(20)21-5-2)14(22)16-12-8-6-7-11(3)9-12/h6-9H,4-5,10H2,1-3H3,(H,16,22)(H,17,19,20). The Morgan fingerprint density at radius 3 is 2.64 bits per heavy atom. The highest BCUT2D eigenvalue weighted by molar-refractivity contribution is 7.80. The van der Waals surface area contributed by atoms with Crippen LogP contribution in [0.1, 0.15) is 19.4 Å². The van der Waals surface area contributed by atoms with Gasteiger partial charge in [0.1, 0.15) is 0 Å². The topological polar surface area (TPSA) is 70.7 Å². The Balaban J connectivity index is 2.57. The number of nitrogens with one attached hydrogen (secondary N) is 2. The Morgan fingerprint density at radius 2 is 2.05 bits per heavy atom. The number of benzene rings is 1. The minimum Gasteiger partial charge on any atom is -0.450 e. The fraction of sp³-hybridized carbons (Fsp3) is 0.400. The second-order valence-corrected chi connectivity index (χ2v) is 4.97. The van der Waals surface area contributed by atoms with Crippen molar-refractivity contribution in [2.75, 3.05) is 25.0 Å². The quantitative estimate of drug-likeness (QED) is 0.810. The van der Waals surface area contributed by atoms with E-state index in [0.29, 0.717) is 11.7 Å². The van der Waals surface area contributed by atoms with Gasteiger partial charge >= 0.3 is 6.09 Å². The molecule has 1 aromatic carbocycles. The number of hydrogen-bond acceptors (Lipinski definition) is 4. The molecule has 120 valence electrons. The van der Waals surface area contributed by atoms with Crippen molar-refractivity contribution in [1.82, 2.24) is 10.2 Å². The van der Waals surface area contributed by atoms with Gasteiger partial charge in [0.15, 0.2) is 5.11 Å². The minimum atomic E-state index is -0.749. The summed E-state index contributed by atoms with van der Waals surface area (Å²) in [7, 11) is 0. The van der Waals surface area contributed by atoms with Crippen molar-refractivity contribution in [2.45, 2.75) is 20.8 Å². The van der Waals surface area contributed by atoms with Crippen molar-refractivity contribution in [1.29, 1.82) is 0 Å². The maximum absolute atomic E-state index is 11.8. The molecule has 22 heavy (non-hydrogen) atoms. The van der Waals surface area contributed by atoms with Gasteiger partial charge in [-0.05, 0) is 50.7 Å². The number of thiocarbonyl (C=S) groups is 1. The summed E-state index contributed by atoms with van der Waals surface area (Å²) in [5.74, 6) is -0.464. The van der Waals surface area contributed by atoms with Crippen molar-refractivity contribution in [2.24, 2.45) is 0 Å². The van der Waals surface area contributed by atoms with E-state index in [4.69, 9.17) is 12.2 Å². The van der Waals surface area contributed by atoms with Gasteiger partial charge in [0.05, 0.1) is 13.2 Å². The van der Waals surface area contributed by atoms with Gasteiger partial charge in [0.2, 0.25) is 5.91 Å². The fourth-order valence-electron chi connectivity index (χ4n) is 1.75. The molecule has 0 aliphatic rings. The van der Waals surface area contributed by atoms with Crippen LogP contribution in [0.5, 0.6) is 0 Å². The Bertz CT molecular complexity index is 549. The number of aryl methyl sites for hydroxylation is 1. The zero-order valence-corrected chi connectivity index (χ0v) is 13.8. The van der Waals surface area contributed by atoms with Crippen LogP contribution in [0.3, 0.4) is 0 Å². The van der Waals surface area contributed by atoms with Crippen LogP contribution in [0.25, 0.3) is 0 Å². The summed E-state index contributed by atoms with van der Waals surface area (Å²) in [6.45, 7) is 6.26. The zero-order valence-electron chi connectivity index (χ0n) is 13.0. The number of anilines is 1. The van der Waals surface area contributed by atoms with Crippen LogP contribution in [-0.2, 0) is 9.53 Å². The molecule has 0 aliphatic heterocycles. The van der Waals surface area contributed by atoms with Crippen molar-refractivity contribution in [3.8, 4) is 0 Å². The van der Waals surface area contributed by atoms with E-state index in [9.17, 15) is 9.59 Å². The molecule has 0 atom stereocenters. The molecular formula is C15H21N3O3S. The van der Waals surface area contributed by atoms with E-state index in [1.165, 1.54) is 0 Å². The summed E-state index contributed by atoms with van der Waals surface area (Å²) in [5.41, 5.74) is 1.96. The third-order valence-corrected chi connectivity index (χ3v) is 3.15. The molecule has 0 unspecified atom stereocenters. The first-order valence-corrected chi connectivity index (χ1v) is 7.46. The van der Waals surface area contributed by atoms with Gasteiger partial charge in [0.25, 0.3) is 0 Å². The van der Waals surface area contributed by atoms with E-state index in [2.05, 4.69) is 15.4 Å². The van der Waals surface area contributed by atoms with Crippen LogP contribution in [-0.4, -0.2) is 41.7 Å². The molecule has 6 nitrogen and oxygen atoms in total. The van der Waals surface area contributed by atoms with Crippen LogP contribution in [0.15, 0.2) is 24.3 Å². The van der Waals surface area contributed by atoms with E-state index in [1.807, 2.05) is 38.1 Å². The van der Waals surface area contributed by atoms with E-state index in [0.717, 1.165) is 11.3 Å². The third-order valence-electron chi connectivity index (χ3n) is 2.79. The van der Waals surface area contributed by atoms with Gasteiger partial charge in [-0.3, -0.25) is 10.1 Å². The first kappa shape index (κ1) is 17.9. The summed E-state index contributed by atoms with van der Waals surface area (Å²) < 4.78 is 4.66. The van der Waals surface area contributed by atoms with Crippen molar-refractivity contribution < 1.29 is 14.3 Å². The van der Waals surface area contributed by atoms with Gasteiger partial charge in [-0.25, -0.2) is 4.79 Å². The highest BCUT2D eigenvalue weighted by atomic mass is 32.1. The molecule has 0 heterocycles. The number of carbonyl (C=O) groups excluding carboxylic acids is 2. The summed E-state index contributed by atoms with van der Waals surface area (Å²) >= 11 is 5.30. The minimum absolute atomic E-state index is 0.0209. The molecule has 0 saturated heterocycles. The fourth-order valence-corrected chi connectivity index (χ4v) is 2.06. The predicted octanol–water partition coefficient (Wildman–Crippen LogP) is 2.29. The SMILES string of the molecule is CCOC(=O)NC(=O)CN(CC)C(=S)Nc1cccc(C)c1. The van der Waals surface area contributed by atoms with Gasteiger partial charge in [-0.1, -0.05) is 12.1 Å². The molecule has 0 aliphatic carbocycles. The maximum Gasteiger partial charge on any atom is 0.413 e. The summed E-state index contributed by atoms with van der Waals surface area (Å²) in [6.07, 6.45) is -0.749. The Kier molecular flexibility index (Phi) is 7.31. The number of likely N-dealkylation sites (N-methyl/N-ethyl adjacent to an activating group) is 1. The van der Waals surface area contributed by atoms with Gasteiger partial charge in [0, 0.05) is 12.2 Å². The lowest BCUT2D eigenvalue weighted by Gasteiger charge is -2.23. The maximum atomic E-state index is 11.8. The molecule has 7 heteroatoms. The number of hydrogen-bond donors (Lipinski definition) is 2. The smallest absolute Gasteiger partial charge is 0.413 e. The lowest BCUT2D eigenvalue weighted by atomic mass is 10.2. The monoisotopic (exact) mass is 323 g/mol. The van der Waals surface area contributed by atoms with Crippen LogP contribution in [0.2, 0.25) is 0 Å². The molecule has 0 bridgehead atoms. The van der Waals surface area contributed by atoms with E-state index in [1.54, 1.807) is 11.8 Å². The first-order valence-electron chi connectivity index (χ1n) is 7.05. The van der Waals surface area contributed by atoms with Crippen LogP contribution >= 0.6 is 12.2 Å². The average Bonchev–Trinajstić information content (AvgIpc) is 2.44. The third kappa shape index (κ3) is 6.09. The average molecular weight is 323 g/mol. The highest BCUT2D eigenvalue weighted by Gasteiger charge is 2.15. The van der Waals surface area contributed by atoms with Crippen LogP contribution < -0.4 is 10.6 Å². The van der Waals surface area contributed by atoms with Gasteiger partial charge < -0.3 is 15.0 Å². The number of nitrogens with zero attached hydrogens (tertiary/aromatic N) is 1.